The Morgan fingerprint density at radius 2 is 2.05 bits per heavy atom. The first kappa shape index (κ1) is 12.4. The molecule has 0 spiro atoms. The highest BCUT2D eigenvalue weighted by Gasteiger charge is 2.68. The number of H-pyrrole nitrogens is 1. The Bertz CT molecular complexity index is 641. The maximum Gasteiger partial charge on any atom is 0.112 e. The molecular formula is C16H20FN3. The minimum Gasteiger partial charge on any atom is -0.357 e. The fraction of sp³-hybridized carbons (Fsp3) is 0.500. The lowest BCUT2D eigenvalue weighted by Gasteiger charge is -2.66. The van der Waals surface area contributed by atoms with Crippen LogP contribution in [0.5, 0.6) is 0 Å². The van der Waals surface area contributed by atoms with Gasteiger partial charge in [0.15, 0.2) is 0 Å². The highest BCUT2D eigenvalue weighted by Crippen LogP contribution is 2.69. The molecule has 0 radical (unpaired) electrons. The third kappa shape index (κ3) is 1.86. The lowest BCUT2D eigenvalue weighted by molar-refractivity contribution is -0.209. The van der Waals surface area contributed by atoms with Gasteiger partial charge in [0.05, 0.1) is 0 Å². The highest BCUT2D eigenvalue weighted by atomic mass is 19.1. The van der Waals surface area contributed by atoms with E-state index < -0.39 is 5.67 Å². The number of benzene rings is 1. The van der Waals surface area contributed by atoms with Crippen LogP contribution in [-0.2, 0) is 13.1 Å². The predicted octanol–water partition coefficient (Wildman–Crippen LogP) is 2.61. The minimum absolute atomic E-state index is 0.271. The Kier molecular flexibility index (Phi) is 2.51. The van der Waals surface area contributed by atoms with Gasteiger partial charge in [0, 0.05) is 30.8 Å². The summed E-state index contributed by atoms with van der Waals surface area (Å²) in [5.74, 6) is 0. The standard InChI is InChI=1S/C16H20FN3/c17-16-7-15(8-16,9-16)10-19-6-13-4-12-2-1-11(5-18)3-14(12)20-13/h1-4,19-20H,5-10,18H2. The van der Waals surface area contributed by atoms with E-state index in [0.717, 1.165) is 43.4 Å². The molecule has 3 aliphatic rings. The third-order valence-electron chi connectivity index (χ3n) is 4.87. The van der Waals surface area contributed by atoms with Crippen molar-refractivity contribution >= 4 is 10.9 Å². The van der Waals surface area contributed by atoms with Crippen molar-refractivity contribution in [2.75, 3.05) is 6.54 Å². The molecule has 3 nitrogen and oxygen atoms in total. The van der Waals surface area contributed by atoms with Gasteiger partial charge in [-0.2, -0.15) is 0 Å². The lowest BCUT2D eigenvalue weighted by atomic mass is 9.42. The van der Waals surface area contributed by atoms with Gasteiger partial charge in [0.1, 0.15) is 5.67 Å². The number of aromatic nitrogens is 1. The van der Waals surface area contributed by atoms with Gasteiger partial charge in [-0.15, -0.1) is 0 Å². The molecule has 1 heterocycles. The lowest BCUT2D eigenvalue weighted by Crippen LogP contribution is -2.67. The third-order valence-corrected chi connectivity index (χ3v) is 4.87. The van der Waals surface area contributed by atoms with Crippen LogP contribution in [-0.4, -0.2) is 17.2 Å². The summed E-state index contributed by atoms with van der Waals surface area (Å²) in [6.07, 6.45) is 2.29. The summed E-state index contributed by atoms with van der Waals surface area (Å²) in [7, 11) is 0. The van der Waals surface area contributed by atoms with Crippen molar-refractivity contribution in [3.05, 3.63) is 35.5 Å². The van der Waals surface area contributed by atoms with Gasteiger partial charge >= 0.3 is 0 Å². The van der Waals surface area contributed by atoms with Crippen LogP contribution in [0.15, 0.2) is 24.3 Å². The number of nitrogens with two attached hydrogens (primary N) is 1. The monoisotopic (exact) mass is 273 g/mol. The SMILES string of the molecule is NCc1ccc2cc(CNCC34CC(F)(C3)C4)[nH]c2c1. The van der Waals surface area contributed by atoms with Crippen LogP contribution in [0.3, 0.4) is 0 Å². The molecule has 2 bridgehead atoms. The molecule has 106 valence electrons. The number of aromatic amines is 1. The summed E-state index contributed by atoms with van der Waals surface area (Å²) in [6, 6.07) is 8.44. The van der Waals surface area contributed by atoms with E-state index in [9.17, 15) is 4.39 Å². The van der Waals surface area contributed by atoms with Crippen molar-refractivity contribution in [1.82, 2.24) is 10.3 Å². The van der Waals surface area contributed by atoms with Gasteiger partial charge < -0.3 is 16.0 Å². The van der Waals surface area contributed by atoms with Gasteiger partial charge in [-0.25, -0.2) is 4.39 Å². The number of hydrogen-bond acceptors (Lipinski definition) is 2. The zero-order valence-corrected chi connectivity index (χ0v) is 11.5. The van der Waals surface area contributed by atoms with Crippen molar-refractivity contribution in [2.24, 2.45) is 11.1 Å². The molecule has 3 saturated carbocycles. The average molecular weight is 273 g/mol. The maximum atomic E-state index is 13.4. The van der Waals surface area contributed by atoms with Gasteiger partial charge in [0.25, 0.3) is 0 Å². The molecular weight excluding hydrogens is 253 g/mol. The van der Waals surface area contributed by atoms with Gasteiger partial charge in [-0.1, -0.05) is 12.1 Å². The summed E-state index contributed by atoms with van der Waals surface area (Å²) in [4.78, 5) is 3.42. The van der Waals surface area contributed by atoms with Crippen LogP contribution in [0.25, 0.3) is 10.9 Å². The molecule has 1 aromatic heterocycles. The Labute approximate surface area is 117 Å². The van der Waals surface area contributed by atoms with Crippen LogP contribution in [0.4, 0.5) is 4.39 Å². The summed E-state index contributed by atoms with van der Waals surface area (Å²) in [6.45, 7) is 2.31. The van der Waals surface area contributed by atoms with E-state index in [4.69, 9.17) is 5.73 Å². The average Bonchev–Trinajstić information content (AvgIpc) is 2.76. The molecule has 0 unspecified atom stereocenters. The molecule has 0 atom stereocenters. The normalized spacial score (nSPS) is 31.1. The quantitative estimate of drug-likeness (QED) is 0.784. The molecule has 0 saturated heterocycles. The molecule has 5 rings (SSSR count). The second-order valence-corrected chi connectivity index (χ2v) is 6.71. The zero-order valence-electron chi connectivity index (χ0n) is 11.5. The fourth-order valence-corrected chi connectivity index (χ4v) is 3.97. The Morgan fingerprint density at radius 1 is 1.25 bits per heavy atom. The smallest absolute Gasteiger partial charge is 0.112 e. The van der Waals surface area contributed by atoms with Crippen molar-refractivity contribution in [2.45, 2.75) is 38.0 Å². The molecule has 4 N–H and O–H groups in total. The number of halogens is 1. The van der Waals surface area contributed by atoms with E-state index in [-0.39, 0.29) is 5.41 Å². The van der Waals surface area contributed by atoms with Crippen LogP contribution < -0.4 is 11.1 Å². The predicted molar refractivity (Wildman–Crippen MR) is 78.0 cm³/mol. The summed E-state index contributed by atoms with van der Waals surface area (Å²) in [5, 5.41) is 4.68. The zero-order chi connectivity index (χ0) is 13.8. The van der Waals surface area contributed by atoms with E-state index in [1.165, 1.54) is 11.1 Å². The first-order chi connectivity index (χ1) is 9.60. The summed E-state index contributed by atoms with van der Waals surface area (Å²) >= 11 is 0. The van der Waals surface area contributed by atoms with Crippen LogP contribution >= 0.6 is 0 Å². The number of fused-ring (bicyclic) bond motifs is 1. The topological polar surface area (TPSA) is 53.8 Å². The van der Waals surface area contributed by atoms with Crippen molar-refractivity contribution in [1.29, 1.82) is 0 Å². The molecule has 3 fully saturated rings. The Hall–Kier alpha value is -1.39. The first-order valence-corrected chi connectivity index (χ1v) is 7.30. The van der Waals surface area contributed by atoms with Gasteiger partial charge in [0.2, 0.25) is 0 Å². The molecule has 0 aliphatic heterocycles. The van der Waals surface area contributed by atoms with E-state index >= 15 is 0 Å². The molecule has 1 aromatic carbocycles. The highest BCUT2D eigenvalue weighted by molar-refractivity contribution is 5.81. The van der Waals surface area contributed by atoms with Gasteiger partial charge in [-0.05, 0) is 47.8 Å². The van der Waals surface area contributed by atoms with Crippen molar-refractivity contribution in [3.8, 4) is 0 Å². The molecule has 0 amide bonds. The van der Waals surface area contributed by atoms with E-state index in [0.29, 0.717) is 6.54 Å². The van der Waals surface area contributed by atoms with Crippen molar-refractivity contribution < 1.29 is 4.39 Å². The van der Waals surface area contributed by atoms with Crippen LogP contribution in [0.2, 0.25) is 0 Å². The Morgan fingerprint density at radius 3 is 2.75 bits per heavy atom. The second-order valence-electron chi connectivity index (χ2n) is 6.71. The number of nitrogens with one attached hydrogen (secondary N) is 2. The van der Waals surface area contributed by atoms with Crippen molar-refractivity contribution in [3.63, 3.8) is 0 Å². The second kappa shape index (κ2) is 4.06. The van der Waals surface area contributed by atoms with Gasteiger partial charge in [-0.3, -0.25) is 0 Å². The number of alkyl halides is 1. The molecule has 20 heavy (non-hydrogen) atoms. The fourth-order valence-electron chi connectivity index (χ4n) is 3.97. The number of hydrogen-bond donors (Lipinski definition) is 3. The van der Waals surface area contributed by atoms with Crippen LogP contribution in [0, 0.1) is 5.41 Å². The minimum atomic E-state index is -0.790. The largest absolute Gasteiger partial charge is 0.357 e. The van der Waals surface area contributed by atoms with Crippen LogP contribution in [0.1, 0.15) is 30.5 Å². The first-order valence-electron chi connectivity index (χ1n) is 7.30. The molecule has 2 aromatic rings. The van der Waals surface area contributed by atoms with E-state index in [1.54, 1.807) is 0 Å². The Balaban J connectivity index is 1.39. The molecule has 4 heteroatoms. The summed E-state index contributed by atoms with van der Waals surface area (Å²) < 4.78 is 13.4. The van der Waals surface area contributed by atoms with E-state index in [2.05, 4.69) is 34.6 Å². The number of rotatable bonds is 5. The maximum absolute atomic E-state index is 13.4. The molecule has 3 aliphatic carbocycles. The van der Waals surface area contributed by atoms with E-state index in [1.807, 2.05) is 0 Å². The summed E-state index contributed by atoms with van der Waals surface area (Å²) in [5.41, 5.74) is 8.59.